The van der Waals surface area contributed by atoms with Gasteiger partial charge in [-0.15, -0.1) is 34.2 Å². The molecule has 0 saturated heterocycles. The average Bonchev–Trinajstić information content (AvgIpc) is 1.93. The Bertz CT molecular complexity index is 244. The van der Waals surface area contributed by atoms with Crippen molar-refractivity contribution in [3.05, 3.63) is 26.6 Å². The number of rotatable bonds is 0. The molecule has 1 heterocycles. The van der Waals surface area contributed by atoms with Gasteiger partial charge in [0.15, 0.2) is 0 Å². The number of pyridine rings is 1. The second-order valence-corrected chi connectivity index (χ2v) is 2.91. The van der Waals surface area contributed by atoms with E-state index in [0.29, 0.717) is 0 Å². The normalized spacial score (nSPS) is 9.09. The van der Waals surface area contributed by atoms with E-state index in [2.05, 4.69) is 11.2 Å². The van der Waals surface area contributed by atoms with Crippen LogP contribution in [0.1, 0.15) is 0 Å². The molecule has 0 fully saturated rings. The molecule has 11 heavy (non-hydrogen) atoms. The minimum absolute atomic E-state index is 0. The molecule has 1 rings (SSSR count). The van der Waals surface area contributed by atoms with Crippen LogP contribution in [0, 0.1) is 21.5 Å². The summed E-state index contributed by atoms with van der Waals surface area (Å²) in [7, 11) is 0. The predicted molar refractivity (Wildman–Crippen MR) is 40.7 cm³/mol. The maximum Gasteiger partial charge on any atom is 1.00 e. The van der Waals surface area contributed by atoms with Gasteiger partial charge in [0.2, 0.25) is 0 Å². The van der Waals surface area contributed by atoms with Gasteiger partial charge in [-0.05, 0) is 8.59 Å². The van der Waals surface area contributed by atoms with Crippen molar-refractivity contribution in [2.24, 2.45) is 0 Å². The zero-order valence-corrected chi connectivity index (χ0v) is 8.37. The molecule has 6 heteroatoms. The van der Waals surface area contributed by atoms with Gasteiger partial charge in [0, 0.05) is 0 Å². The summed E-state index contributed by atoms with van der Waals surface area (Å²) >= 11 is 6.93. The van der Waals surface area contributed by atoms with Crippen molar-refractivity contribution in [1.82, 2.24) is 4.98 Å². The minimum atomic E-state index is -1.17. The third-order valence-corrected chi connectivity index (χ3v) is 2.42. The largest absolute Gasteiger partial charge is 1.00 e. The van der Waals surface area contributed by atoms with Crippen molar-refractivity contribution in [2.45, 2.75) is 0 Å². The Morgan fingerprint density at radius 1 is 1.45 bits per heavy atom. The summed E-state index contributed by atoms with van der Waals surface area (Å²) in [5, 5.41) is -0.000463. The molecule has 0 atom stereocenters. The SMILES string of the molecule is Fc1n[c-]c(Cl)c(I)c1F.[Li+]. The molecule has 0 aliphatic rings. The van der Waals surface area contributed by atoms with Gasteiger partial charge in [-0.3, -0.25) is 4.39 Å². The van der Waals surface area contributed by atoms with Gasteiger partial charge >= 0.3 is 18.9 Å². The van der Waals surface area contributed by atoms with E-state index in [1.165, 1.54) is 0 Å². The zero-order chi connectivity index (χ0) is 7.72. The Morgan fingerprint density at radius 2 is 2.00 bits per heavy atom. The molecular formula is C5ClF2ILiN. The molecule has 0 bridgehead atoms. The topological polar surface area (TPSA) is 12.9 Å². The summed E-state index contributed by atoms with van der Waals surface area (Å²) in [6.07, 6.45) is 2.10. The van der Waals surface area contributed by atoms with Gasteiger partial charge in [0.05, 0.1) is 5.82 Å². The van der Waals surface area contributed by atoms with Gasteiger partial charge in [-0.2, -0.15) is 0 Å². The first-order chi connectivity index (χ1) is 4.63. The molecule has 1 aromatic rings. The van der Waals surface area contributed by atoms with Gasteiger partial charge in [-0.1, -0.05) is 6.20 Å². The molecule has 0 spiro atoms. The Hall–Kier alpha value is 0.627. The standard InChI is InChI=1S/C5ClF2IN.Li/c6-2-1-10-5(8)3(7)4(2)9;/q-1;+1. The van der Waals surface area contributed by atoms with Crippen molar-refractivity contribution in [2.75, 3.05) is 0 Å². The van der Waals surface area contributed by atoms with Crippen LogP contribution in [-0.4, -0.2) is 4.98 Å². The average molecular weight is 281 g/mol. The number of nitrogens with zero attached hydrogens (tertiary/aromatic N) is 1. The summed E-state index contributed by atoms with van der Waals surface area (Å²) < 4.78 is 24.6. The fraction of sp³-hybridized carbons (Fsp3) is 0. The van der Waals surface area contributed by atoms with E-state index in [1.807, 2.05) is 0 Å². The fourth-order valence-corrected chi connectivity index (χ4v) is 0.852. The van der Waals surface area contributed by atoms with E-state index in [-0.39, 0.29) is 27.5 Å². The minimum Gasteiger partial charge on any atom is -0.357 e. The molecule has 0 amide bonds. The van der Waals surface area contributed by atoms with Crippen LogP contribution in [0.25, 0.3) is 0 Å². The number of halogens is 4. The molecule has 0 N–H and O–H groups in total. The second-order valence-electron chi connectivity index (χ2n) is 1.46. The zero-order valence-electron chi connectivity index (χ0n) is 5.46. The summed E-state index contributed by atoms with van der Waals surface area (Å²) in [6, 6.07) is 0. The monoisotopic (exact) mass is 281 g/mol. The molecule has 0 aliphatic carbocycles. The molecule has 1 aromatic heterocycles. The smallest absolute Gasteiger partial charge is 0.357 e. The van der Waals surface area contributed by atoms with Crippen molar-refractivity contribution < 1.29 is 27.6 Å². The van der Waals surface area contributed by atoms with Crippen molar-refractivity contribution in [3.8, 4) is 0 Å². The molecular weight excluding hydrogens is 281 g/mol. The van der Waals surface area contributed by atoms with Crippen LogP contribution in [0.15, 0.2) is 0 Å². The third-order valence-electron chi connectivity index (χ3n) is 0.819. The Morgan fingerprint density at radius 3 is 2.45 bits per heavy atom. The summed E-state index contributed by atoms with van der Waals surface area (Å²) in [5.74, 6) is -2.20. The van der Waals surface area contributed by atoms with Crippen LogP contribution in [0.2, 0.25) is 5.02 Å². The molecule has 0 radical (unpaired) electrons. The molecule has 1 nitrogen and oxygen atoms in total. The molecule has 0 aliphatic heterocycles. The van der Waals surface area contributed by atoms with Crippen LogP contribution in [-0.2, 0) is 0 Å². The Kier molecular flexibility index (Phi) is 4.87. The first-order valence-corrected chi connectivity index (χ1v) is 3.66. The van der Waals surface area contributed by atoms with Crippen molar-refractivity contribution in [3.63, 3.8) is 0 Å². The second kappa shape index (κ2) is 4.60. The van der Waals surface area contributed by atoms with E-state index >= 15 is 0 Å². The quantitative estimate of drug-likeness (QED) is 0.268. The maximum absolute atomic E-state index is 12.4. The van der Waals surface area contributed by atoms with Crippen LogP contribution >= 0.6 is 34.2 Å². The van der Waals surface area contributed by atoms with Gasteiger partial charge in [0.25, 0.3) is 0 Å². The van der Waals surface area contributed by atoms with E-state index in [0.717, 1.165) is 0 Å². The molecule has 0 saturated carbocycles. The van der Waals surface area contributed by atoms with Crippen molar-refractivity contribution >= 4 is 34.2 Å². The third kappa shape index (κ3) is 2.55. The van der Waals surface area contributed by atoms with Crippen LogP contribution in [0.5, 0.6) is 0 Å². The maximum atomic E-state index is 12.4. The molecule has 0 unspecified atom stereocenters. The van der Waals surface area contributed by atoms with E-state index in [4.69, 9.17) is 11.6 Å². The summed E-state index contributed by atoms with van der Waals surface area (Å²) in [4.78, 5) is 2.94. The predicted octanol–water partition coefficient (Wildman–Crippen LogP) is -0.578. The van der Waals surface area contributed by atoms with E-state index in [9.17, 15) is 8.78 Å². The molecule has 54 valence electrons. The summed E-state index contributed by atoms with van der Waals surface area (Å²) in [6.45, 7) is 0. The van der Waals surface area contributed by atoms with Gasteiger partial charge in [-0.25, -0.2) is 4.39 Å². The number of hydrogen-bond acceptors (Lipinski definition) is 1. The Labute approximate surface area is 92.8 Å². The first kappa shape index (κ1) is 11.6. The summed E-state index contributed by atoms with van der Waals surface area (Å²) in [5.41, 5.74) is 0. The van der Waals surface area contributed by atoms with Gasteiger partial charge in [0.1, 0.15) is 5.95 Å². The van der Waals surface area contributed by atoms with E-state index in [1.54, 1.807) is 22.6 Å². The fourth-order valence-electron chi connectivity index (χ4n) is 0.383. The van der Waals surface area contributed by atoms with E-state index < -0.39 is 11.8 Å². The first-order valence-electron chi connectivity index (χ1n) is 2.20. The number of aromatic nitrogens is 1. The molecule has 0 aromatic carbocycles. The van der Waals surface area contributed by atoms with Crippen LogP contribution in [0.4, 0.5) is 8.78 Å². The van der Waals surface area contributed by atoms with Gasteiger partial charge < -0.3 is 4.98 Å². The van der Waals surface area contributed by atoms with Crippen LogP contribution in [0.3, 0.4) is 0 Å². The number of hydrogen-bond donors (Lipinski definition) is 0. The van der Waals surface area contributed by atoms with Crippen molar-refractivity contribution in [1.29, 1.82) is 0 Å². The van der Waals surface area contributed by atoms with Crippen LogP contribution < -0.4 is 18.9 Å². The Balaban J connectivity index is 0.000001000.